The number of benzene rings is 6. The number of nitrogens with zero attached hydrogens (tertiary/aromatic N) is 3. The molecule has 3 heterocycles. The molecule has 0 aliphatic heterocycles. The Morgan fingerprint density at radius 1 is 0.694 bits per heavy atom. The number of para-hydroxylation sites is 2. The zero-order valence-electron chi connectivity index (χ0n) is 27.2. The first-order chi connectivity index (χ1) is 24.1. The molecule has 0 saturated heterocycles. The van der Waals surface area contributed by atoms with Gasteiger partial charge in [-0.05, 0) is 69.8 Å². The SMILES string of the molecule is C=C(N=C(CC(C)c1ccc(-c2ccc3oc4c(c3c2)c2ccccc2c2nc3ccccc3n24)cc1)c1ccccc1)c1ccccc1. The van der Waals surface area contributed by atoms with Crippen LogP contribution in [0.1, 0.15) is 36.0 Å². The van der Waals surface area contributed by atoms with E-state index in [-0.39, 0.29) is 5.92 Å². The number of furan rings is 1. The molecule has 4 nitrogen and oxygen atoms in total. The van der Waals surface area contributed by atoms with Crippen molar-refractivity contribution in [1.29, 1.82) is 0 Å². The van der Waals surface area contributed by atoms with Crippen LogP contribution in [-0.4, -0.2) is 15.1 Å². The van der Waals surface area contributed by atoms with Crippen LogP contribution in [-0.2, 0) is 0 Å². The lowest BCUT2D eigenvalue weighted by Gasteiger charge is -2.16. The largest absolute Gasteiger partial charge is 0.439 e. The molecule has 9 rings (SSSR count). The smallest absolute Gasteiger partial charge is 0.215 e. The van der Waals surface area contributed by atoms with Crippen LogP contribution >= 0.6 is 0 Å². The van der Waals surface area contributed by atoms with Crippen LogP contribution in [0.4, 0.5) is 0 Å². The van der Waals surface area contributed by atoms with Gasteiger partial charge in [0.15, 0.2) is 0 Å². The summed E-state index contributed by atoms with van der Waals surface area (Å²) >= 11 is 0. The second-order valence-electron chi connectivity index (χ2n) is 12.8. The molecule has 49 heavy (non-hydrogen) atoms. The Balaban J connectivity index is 1.08. The summed E-state index contributed by atoms with van der Waals surface area (Å²) in [5, 5.41) is 4.47. The molecule has 0 spiro atoms. The van der Waals surface area contributed by atoms with Crippen molar-refractivity contribution in [3.63, 3.8) is 0 Å². The molecule has 4 heteroatoms. The van der Waals surface area contributed by atoms with Gasteiger partial charge < -0.3 is 4.42 Å². The first-order valence-corrected chi connectivity index (χ1v) is 16.7. The highest BCUT2D eigenvalue weighted by Crippen LogP contribution is 2.40. The minimum absolute atomic E-state index is 0.260. The summed E-state index contributed by atoms with van der Waals surface area (Å²) in [6, 6.07) is 52.9. The Hall–Kier alpha value is -6.26. The highest BCUT2D eigenvalue weighted by atomic mass is 16.3. The average molecular weight is 632 g/mol. The van der Waals surface area contributed by atoms with Crippen molar-refractivity contribution < 1.29 is 4.42 Å². The zero-order chi connectivity index (χ0) is 32.9. The first kappa shape index (κ1) is 28.9. The van der Waals surface area contributed by atoms with Gasteiger partial charge in [-0.25, -0.2) is 4.98 Å². The number of hydrogen-bond acceptors (Lipinski definition) is 3. The number of aromatic nitrogens is 2. The molecule has 0 fully saturated rings. The van der Waals surface area contributed by atoms with Crippen LogP contribution in [0.3, 0.4) is 0 Å². The lowest BCUT2D eigenvalue weighted by atomic mass is 9.91. The summed E-state index contributed by atoms with van der Waals surface area (Å²) in [6.45, 7) is 6.57. The van der Waals surface area contributed by atoms with Gasteiger partial charge in [-0.2, -0.15) is 0 Å². The van der Waals surface area contributed by atoms with Crippen LogP contribution in [0.25, 0.3) is 66.3 Å². The summed E-state index contributed by atoms with van der Waals surface area (Å²) in [7, 11) is 0. The van der Waals surface area contributed by atoms with Gasteiger partial charge in [0, 0.05) is 16.5 Å². The van der Waals surface area contributed by atoms with Crippen molar-refractivity contribution in [2.75, 3.05) is 0 Å². The molecule has 0 bridgehead atoms. The summed E-state index contributed by atoms with van der Waals surface area (Å²) in [5.41, 5.74) is 12.2. The van der Waals surface area contributed by atoms with Crippen LogP contribution in [0, 0.1) is 0 Å². The fourth-order valence-corrected chi connectivity index (χ4v) is 7.12. The van der Waals surface area contributed by atoms with Gasteiger partial charge in [0.25, 0.3) is 0 Å². The van der Waals surface area contributed by atoms with E-state index in [9.17, 15) is 0 Å². The molecular formula is C45H33N3O. The second-order valence-corrected chi connectivity index (χ2v) is 12.8. The monoisotopic (exact) mass is 631 g/mol. The minimum atomic E-state index is 0.260. The van der Waals surface area contributed by atoms with E-state index in [0.29, 0.717) is 0 Å². The van der Waals surface area contributed by atoms with E-state index in [1.54, 1.807) is 0 Å². The summed E-state index contributed by atoms with van der Waals surface area (Å²) in [4.78, 5) is 10.1. The van der Waals surface area contributed by atoms with Gasteiger partial charge in [0.1, 0.15) is 11.2 Å². The van der Waals surface area contributed by atoms with E-state index in [1.807, 2.05) is 30.3 Å². The molecular weight excluding hydrogens is 599 g/mol. The van der Waals surface area contributed by atoms with Gasteiger partial charge >= 0.3 is 0 Å². The number of aliphatic imine (C=N–C) groups is 1. The highest BCUT2D eigenvalue weighted by molar-refractivity contribution is 6.22. The van der Waals surface area contributed by atoms with Crippen molar-refractivity contribution in [3.8, 4) is 11.1 Å². The Morgan fingerprint density at radius 2 is 1.35 bits per heavy atom. The van der Waals surface area contributed by atoms with Gasteiger partial charge in [-0.1, -0.05) is 141 Å². The fourth-order valence-electron chi connectivity index (χ4n) is 7.12. The number of rotatable bonds is 7. The number of hydrogen-bond donors (Lipinski definition) is 0. The first-order valence-electron chi connectivity index (χ1n) is 16.7. The van der Waals surface area contributed by atoms with E-state index in [2.05, 4.69) is 139 Å². The molecule has 0 aliphatic carbocycles. The summed E-state index contributed by atoms with van der Waals surface area (Å²) in [6.07, 6.45) is 0.798. The molecule has 1 unspecified atom stereocenters. The number of fused-ring (bicyclic) bond motifs is 10. The predicted molar refractivity (Wildman–Crippen MR) is 204 cm³/mol. The lowest BCUT2D eigenvalue weighted by molar-refractivity contribution is 0.650. The van der Waals surface area contributed by atoms with E-state index >= 15 is 0 Å². The molecule has 1 atom stereocenters. The predicted octanol–water partition coefficient (Wildman–Crippen LogP) is 11.9. The number of imidazole rings is 1. The van der Waals surface area contributed by atoms with Crippen LogP contribution in [0.2, 0.25) is 0 Å². The molecule has 0 aliphatic rings. The van der Waals surface area contributed by atoms with E-state index < -0.39 is 0 Å². The maximum Gasteiger partial charge on any atom is 0.215 e. The van der Waals surface area contributed by atoms with Gasteiger partial charge in [-0.15, -0.1) is 0 Å². The molecule has 0 N–H and O–H groups in total. The van der Waals surface area contributed by atoms with Crippen molar-refractivity contribution in [2.45, 2.75) is 19.3 Å². The third-order valence-electron chi connectivity index (χ3n) is 9.67. The quantitative estimate of drug-likeness (QED) is 0.164. The van der Waals surface area contributed by atoms with Crippen LogP contribution in [0.15, 0.2) is 168 Å². The Bertz CT molecular complexity index is 2700. The molecule has 6 aromatic carbocycles. The minimum Gasteiger partial charge on any atom is -0.439 e. The molecule has 3 aromatic heterocycles. The van der Waals surface area contributed by atoms with Gasteiger partial charge in [0.05, 0.1) is 22.1 Å². The summed E-state index contributed by atoms with van der Waals surface area (Å²) in [5.74, 6) is 0.260. The maximum atomic E-state index is 6.62. The molecule has 0 saturated carbocycles. The fraction of sp³-hybridized carbons (Fsp3) is 0.0667. The molecule has 0 amide bonds. The van der Waals surface area contributed by atoms with Gasteiger partial charge in [-0.3, -0.25) is 9.39 Å². The average Bonchev–Trinajstić information content (AvgIpc) is 3.74. The third kappa shape index (κ3) is 5.01. The molecule has 0 radical (unpaired) electrons. The van der Waals surface area contributed by atoms with Crippen molar-refractivity contribution >= 4 is 60.9 Å². The van der Waals surface area contributed by atoms with Crippen LogP contribution in [0.5, 0.6) is 0 Å². The zero-order valence-corrected chi connectivity index (χ0v) is 27.2. The third-order valence-corrected chi connectivity index (χ3v) is 9.67. The van der Waals surface area contributed by atoms with Crippen molar-refractivity contribution in [3.05, 3.63) is 175 Å². The summed E-state index contributed by atoms with van der Waals surface area (Å²) < 4.78 is 8.79. The standard InChI is InChI=1S/C45H33N3O/c1-29(27-40(34-15-7-4-8-16-34)46-30(2)32-13-5-3-6-14-32)31-21-23-33(24-22-31)35-25-26-42-38(28-35)43-36-17-9-10-18-37(36)44-47-39-19-11-12-20-41(39)48(44)45(43)49-42/h3-26,28-29H,2,27H2,1H3. The Kier molecular flexibility index (Phi) is 6.94. The van der Waals surface area contributed by atoms with Crippen molar-refractivity contribution in [2.24, 2.45) is 4.99 Å². The molecule has 234 valence electrons. The van der Waals surface area contributed by atoms with E-state index in [1.165, 1.54) is 11.1 Å². The number of pyridine rings is 1. The maximum absolute atomic E-state index is 6.62. The Labute approximate surface area is 284 Å². The van der Waals surface area contributed by atoms with Crippen molar-refractivity contribution in [1.82, 2.24) is 9.38 Å². The van der Waals surface area contributed by atoms with Gasteiger partial charge in [0.2, 0.25) is 5.71 Å². The van der Waals surface area contributed by atoms with Crippen LogP contribution < -0.4 is 0 Å². The Morgan fingerprint density at radius 3 is 2.12 bits per heavy atom. The topological polar surface area (TPSA) is 42.8 Å². The molecule has 9 aromatic rings. The highest BCUT2D eigenvalue weighted by Gasteiger charge is 2.20. The van der Waals surface area contributed by atoms with E-state index in [4.69, 9.17) is 14.4 Å². The second kappa shape index (κ2) is 11.8. The normalized spacial score (nSPS) is 12.8. The van der Waals surface area contributed by atoms with E-state index in [0.717, 1.165) is 84.0 Å². The lowest BCUT2D eigenvalue weighted by Crippen LogP contribution is -2.07.